The Kier molecular flexibility index (Phi) is 4.18. The fourth-order valence-corrected chi connectivity index (χ4v) is 3.99. The molecule has 0 spiro atoms. The van der Waals surface area contributed by atoms with E-state index >= 15 is 0 Å². The Hall–Kier alpha value is -4.52. The van der Waals surface area contributed by atoms with Crippen LogP contribution in [0.4, 0.5) is 0 Å². The Morgan fingerprint density at radius 2 is 1.81 bits per heavy atom. The summed E-state index contributed by atoms with van der Waals surface area (Å²) >= 11 is 0. The van der Waals surface area contributed by atoms with Crippen LogP contribution in [-0.4, -0.2) is 37.2 Å². The Morgan fingerprint density at radius 1 is 0.844 bits per heavy atom. The summed E-state index contributed by atoms with van der Waals surface area (Å²) in [4.78, 5) is 16.7. The first-order chi connectivity index (χ1) is 15.8. The molecule has 0 amide bonds. The first-order valence-corrected chi connectivity index (χ1v) is 10.2. The maximum absolute atomic E-state index is 5.33. The quantitative estimate of drug-likeness (QED) is 0.408. The van der Waals surface area contributed by atoms with Crippen LogP contribution in [0, 0.1) is 0 Å². The normalized spacial score (nSPS) is 11.3. The SMILES string of the molecule is COc1cncc(-c2ccc3[nH]nc(-c4cc5c(-c6ccccn6)ccnc5[nH]4)c3c2)c1. The van der Waals surface area contributed by atoms with E-state index in [9.17, 15) is 0 Å². The number of ether oxygens (including phenoxy) is 1. The average molecular weight is 418 g/mol. The molecule has 6 aromatic rings. The number of aromatic nitrogens is 6. The summed E-state index contributed by atoms with van der Waals surface area (Å²) in [5.41, 5.74) is 7.43. The Bertz CT molecular complexity index is 1570. The van der Waals surface area contributed by atoms with Crippen LogP contribution < -0.4 is 4.74 Å². The van der Waals surface area contributed by atoms with Gasteiger partial charge < -0.3 is 9.72 Å². The standard InChI is InChI=1S/C25H18N6O/c1-32-17-10-16(13-26-14-17)15-5-6-22-20(11-15)24(31-30-22)23-12-19-18(7-9-28-25(19)29-23)21-4-2-3-8-27-21/h2-14H,1H3,(H,28,29)(H,30,31). The zero-order valence-corrected chi connectivity index (χ0v) is 17.2. The highest BCUT2D eigenvalue weighted by Gasteiger charge is 2.15. The number of benzene rings is 1. The number of nitrogens with one attached hydrogen (secondary N) is 2. The number of methoxy groups -OCH3 is 1. The zero-order valence-electron chi connectivity index (χ0n) is 17.2. The van der Waals surface area contributed by atoms with E-state index in [1.54, 1.807) is 25.7 Å². The average Bonchev–Trinajstić information content (AvgIpc) is 3.48. The summed E-state index contributed by atoms with van der Waals surface area (Å²) in [6.45, 7) is 0. The molecule has 0 aliphatic rings. The third-order valence-corrected chi connectivity index (χ3v) is 5.57. The summed E-state index contributed by atoms with van der Waals surface area (Å²) in [6, 6.07) is 18.1. The van der Waals surface area contributed by atoms with Crippen molar-refractivity contribution in [3.05, 3.63) is 79.4 Å². The minimum atomic E-state index is 0.721. The molecule has 5 heterocycles. The first-order valence-electron chi connectivity index (χ1n) is 10.2. The summed E-state index contributed by atoms with van der Waals surface area (Å²) in [7, 11) is 1.64. The fraction of sp³-hybridized carbons (Fsp3) is 0.0400. The zero-order chi connectivity index (χ0) is 21.5. The third kappa shape index (κ3) is 2.99. The van der Waals surface area contributed by atoms with Gasteiger partial charge in [0.1, 0.15) is 17.1 Å². The van der Waals surface area contributed by atoms with Crippen molar-refractivity contribution < 1.29 is 4.74 Å². The van der Waals surface area contributed by atoms with Gasteiger partial charge >= 0.3 is 0 Å². The minimum absolute atomic E-state index is 0.721. The van der Waals surface area contributed by atoms with Crippen LogP contribution in [0.3, 0.4) is 0 Å². The molecule has 0 aliphatic carbocycles. The second-order valence-electron chi connectivity index (χ2n) is 7.46. The molecular weight excluding hydrogens is 400 g/mol. The lowest BCUT2D eigenvalue weighted by atomic mass is 10.0. The molecule has 7 heteroatoms. The van der Waals surface area contributed by atoms with E-state index in [1.807, 2.05) is 48.7 Å². The van der Waals surface area contributed by atoms with Crippen molar-refractivity contribution in [1.82, 2.24) is 30.1 Å². The predicted octanol–water partition coefficient (Wildman–Crippen LogP) is 5.24. The van der Waals surface area contributed by atoms with E-state index in [4.69, 9.17) is 4.74 Å². The lowest BCUT2D eigenvalue weighted by molar-refractivity contribution is 0.413. The summed E-state index contributed by atoms with van der Waals surface area (Å²) in [5, 5.41) is 9.74. The molecule has 32 heavy (non-hydrogen) atoms. The van der Waals surface area contributed by atoms with Crippen molar-refractivity contribution in [3.63, 3.8) is 0 Å². The van der Waals surface area contributed by atoms with Gasteiger partial charge in [-0.05, 0) is 48.0 Å². The molecule has 0 saturated heterocycles. The molecule has 5 aromatic heterocycles. The van der Waals surface area contributed by atoms with Crippen molar-refractivity contribution in [2.24, 2.45) is 0 Å². The Balaban J connectivity index is 1.50. The monoisotopic (exact) mass is 418 g/mol. The van der Waals surface area contributed by atoms with E-state index in [2.05, 4.69) is 42.3 Å². The largest absolute Gasteiger partial charge is 0.495 e. The maximum atomic E-state index is 5.33. The van der Waals surface area contributed by atoms with Crippen LogP contribution in [0.25, 0.3) is 55.7 Å². The molecule has 1 aromatic carbocycles. The van der Waals surface area contributed by atoms with Crippen molar-refractivity contribution in [2.75, 3.05) is 7.11 Å². The summed E-state index contributed by atoms with van der Waals surface area (Å²) < 4.78 is 5.33. The summed E-state index contributed by atoms with van der Waals surface area (Å²) in [6.07, 6.45) is 7.12. The van der Waals surface area contributed by atoms with Gasteiger partial charge in [0, 0.05) is 40.5 Å². The van der Waals surface area contributed by atoms with Gasteiger partial charge in [-0.25, -0.2) is 4.98 Å². The minimum Gasteiger partial charge on any atom is -0.495 e. The fourth-order valence-electron chi connectivity index (χ4n) is 3.99. The third-order valence-electron chi connectivity index (χ3n) is 5.57. The molecule has 0 atom stereocenters. The van der Waals surface area contributed by atoms with Crippen molar-refractivity contribution in [1.29, 1.82) is 0 Å². The lowest BCUT2D eigenvalue weighted by Crippen LogP contribution is -1.86. The number of rotatable bonds is 4. The van der Waals surface area contributed by atoms with Gasteiger partial charge in [0.15, 0.2) is 0 Å². The first kappa shape index (κ1) is 18.3. The van der Waals surface area contributed by atoms with Crippen LogP contribution in [0.2, 0.25) is 0 Å². The topological polar surface area (TPSA) is 92.4 Å². The number of H-pyrrole nitrogens is 2. The van der Waals surface area contributed by atoms with Gasteiger partial charge in [0.2, 0.25) is 0 Å². The van der Waals surface area contributed by atoms with Crippen LogP contribution in [0.1, 0.15) is 0 Å². The number of nitrogens with zero attached hydrogens (tertiary/aromatic N) is 4. The number of hydrogen-bond donors (Lipinski definition) is 2. The highest BCUT2D eigenvalue weighted by atomic mass is 16.5. The van der Waals surface area contributed by atoms with E-state index < -0.39 is 0 Å². The van der Waals surface area contributed by atoms with Gasteiger partial charge in [0.25, 0.3) is 0 Å². The second-order valence-corrected chi connectivity index (χ2v) is 7.46. The van der Waals surface area contributed by atoms with E-state index in [-0.39, 0.29) is 0 Å². The van der Waals surface area contributed by atoms with Crippen molar-refractivity contribution in [2.45, 2.75) is 0 Å². The van der Waals surface area contributed by atoms with E-state index in [0.29, 0.717) is 0 Å². The molecule has 6 rings (SSSR count). The second kappa shape index (κ2) is 7.31. The van der Waals surface area contributed by atoms with Gasteiger partial charge in [0.05, 0.1) is 30.2 Å². The lowest BCUT2D eigenvalue weighted by Gasteiger charge is -2.04. The van der Waals surface area contributed by atoms with Gasteiger partial charge in [-0.15, -0.1) is 0 Å². The predicted molar refractivity (Wildman–Crippen MR) is 124 cm³/mol. The smallest absolute Gasteiger partial charge is 0.138 e. The Labute approximate surface area is 183 Å². The molecular formula is C25H18N6O. The van der Waals surface area contributed by atoms with Crippen molar-refractivity contribution in [3.8, 4) is 39.5 Å². The van der Waals surface area contributed by atoms with E-state index in [1.165, 1.54) is 0 Å². The highest BCUT2D eigenvalue weighted by Crippen LogP contribution is 2.34. The highest BCUT2D eigenvalue weighted by molar-refractivity contribution is 6.00. The maximum Gasteiger partial charge on any atom is 0.138 e. The number of hydrogen-bond acceptors (Lipinski definition) is 5. The van der Waals surface area contributed by atoms with Gasteiger partial charge in [-0.2, -0.15) is 5.10 Å². The molecule has 0 bridgehead atoms. The van der Waals surface area contributed by atoms with Gasteiger partial charge in [-0.1, -0.05) is 12.1 Å². The molecule has 0 fully saturated rings. The van der Waals surface area contributed by atoms with Crippen molar-refractivity contribution >= 4 is 21.9 Å². The number of pyridine rings is 3. The summed E-state index contributed by atoms with van der Waals surface area (Å²) in [5.74, 6) is 0.721. The van der Waals surface area contributed by atoms with Crippen LogP contribution in [-0.2, 0) is 0 Å². The Morgan fingerprint density at radius 3 is 2.69 bits per heavy atom. The molecule has 0 unspecified atom stereocenters. The molecule has 0 aliphatic heterocycles. The van der Waals surface area contributed by atoms with Crippen LogP contribution in [0.15, 0.2) is 79.4 Å². The molecule has 2 N–H and O–H groups in total. The van der Waals surface area contributed by atoms with Gasteiger partial charge in [-0.3, -0.25) is 15.1 Å². The molecule has 7 nitrogen and oxygen atoms in total. The van der Waals surface area contributed by atoms with Crippen LogP contribution in [0.5, 0.6) is 5.75 Å². The molecule has 154 valence electrons. The number of aromatic amines is 2. The van der Waals surface area contributed by atoms with Crippen LogP contribution >= 0.6 is 0 Å². The molecule has 0 saturated carbocycles. The van der Waals surface area contributed by atoms with E-state index in [0.717, 1.165) is 61.5 Å². The number of fused-ring (bicyclic) bond motifs is 2. The molecule has 0 radical (unpaired) electrons.